The Kier molecular flexibility index (Phi) is 36.7. The van der Waals surface area contributed by atoms with Crippen molar-refractivity contribution < 1.29 is 42.7 Å². The number of nitrogens with two attached hydrogens (primary N) is 1. The van der Waals surface area contributed by atoms with E-state index in [0.29, 0.717) is 13.0 Å². The maximum Gasteiger partial charge on any atom is 0.472 e. The quantitative estimate of drug-likeness (QED) is 0.0238. The topological polar surface area (TPSA) is 155 Å². The second kappa shape index (κ2) is 38.2. The molecule has 0 saturated carbocycles. The number of carboxylic acids is 1. The number of phosphoric ester groups is 1. The Hall–Kier alpha value is -2.07. The van der Waals surface area contributed by atoms with Gasteiger partial charge in [0.2, 0.25) is 0 Å². The van der Waals surface area contributed by atoms with Crippen molar-refractivity contribution >= 4 is 19.8 Å². The van der Waals surface area contributed by atoms with Gasteiger partial charge in [0.05, 0.1) is 19.8 Å². The Morgan fingerprint density at radius 2 is 1.09 bits per heavy atom. The number of aliphatic carboxylic acids is 1. The lowest BCUT2D eigenvalue weighted by atomic mass is 10.0. The van der Waals surface area contributed by atoms with Crippen LogP contribution in [0, 0.1) is 0 Å². The van der Waals surface area contributed by atoms with Crippen molar-refractivity contribution in [1.82, 2.24) is 0 Å². The van der Waals surface area contributed by atoms with Crippen LogP contribution in [-0.4, -0.2) is 60.5 Å². The first-order valence-electron chi connectivity index (χ1n) is 20.7. The molecule has 0 amide bonds. The van der Waals surface area contributed by atoms with Crippen LogP contribution in [0.2, 0.25) is 0 Å². The van der Waals surface area contributed by atoms with Crippen LogP contribution in [0.25, 0.3) is 0 Å². The average Bonchev–Trinajstić information content (AvgIpc) is 3.13. The summed E-state index contributed by atoms with van der Waals surface area (Å²) in [6, 6.07) is -1.48. The molecule has 0 aliphatic heterocycles. The number of carbonyl (C=O) groups is 2. The molecule has 0 aliphatic rings. The first-order chi connectivity index (χ1) is 25.7. The molecule has 0 spiro atoms. The van der Waals surface area contributed by atoms with Gasteiger partial charge in [-0.25, -0.2) is 4.57 Å². The van der Waals surface area contributed by atoms with Crippen LogP contribution in [0.1, 0.15) is 168 Å². The molecule has 0 heterocycles. The van der Waals surface area contributed by atoms with Crippen LogP contribution >= 0.6 is 7.82 Å². The Labute approximate surface area is 322 Å². The summed E-state index contributed by atoms with van der Waals surface area (Å²) in [5, 5.41) is 8.88. The predicted octanol–water partition coefficient (Wildman–Crippen LogP) is 11.1. The van der Waals surface area contributed by atoms with Gasteiger partial charge in [0.25, 0.3) is 0 Å². The van der Waals surface area contributed by atoms with E-state index in [2.05, 4.69) is 62.5 Å². The van der Waals surface area contributed by atoms with E-state index in [1.54, 1.807) is 0 Å². The van der Waals surface area contributed by atoms with Crippen molar-refractivity contribution in [2.75, 3.05) is 26.4 Å². The molecular weight excluding hydrogens is 693 g/mol. The maximum absolute atomic E-state index is 12.6. The summed E-state index contributed by atoms with van der Waals surface area (Å²) in [4.78, 5) is 33.4. The fourth-order valence-electron chi connectivity index (χ4n) is 5.42. The number of unbranched alkanes of at least 4 members (excludes halogenated alkanes) is 17. The van der Waals surface area contributed by atoms with Crippen molar-refractivity contribution in [3.05, 3.63) is 48.6 Å². The number of phosphoric acid groups is 1. The van der Waals surface area contributed by atoms with Crippen LogP contribution < -0.4 is 5.73 Å². The van der Waals surface area contributed by atoms with Gasteiger partial charge in [0, 0.05) is 13.0 Å². The minimum Gasteiger partial charge on any atom is -0.480 e. The van der Waals surface area contributed by atoms with Gasteiger partial charge in [-0.15, -0.1) is 0 Å². The first-order valence-corrected chi connectivity index (χ1v) is 22.2. The summed E-state index contributed by atoms with van der Waals surface area (Å²) in [6.07, 6.45) is 43.1. The van der Waals surface area contributed by atoms with Gasteiger partial charge < -0.3 is 25.2 Å². The molecule has 4 N–H and O–H groups in total. The highest BCUT2D eigenvalue weighted by molar-refractivity contribution is 7.47. The maximum atomic E-state index is 12.6. The molecule has 3 atom stereocenters. The SMILES string of the molecule is CC/C=C\C/C=C\C/C=C\C/C=C\CCCCC(=O)OC(COCCCCCCCCCCCCCCCCCC)COP(=O)(O)OCC(N)C(=O)O. The summed E-state index contributed by atoms with van der Waals surface area (Å²) in [5.41, 5.74) is 5.34. The van der Waals surface area contributed by atoms with Gasteiger partial charge >= 0.3 is 19.8 Å². The van der Waals surface area contributed by atoms with Crippen LogP contribution in [0.15, 0.2) is 48.6 Å². The molecule has 0 fully saturated rings. The van der Waals surface area contributed by atoms with E-state index < -0.39 is 45.1 Å². The fraction of sp³-hybridized carbons (Fsp3) is 0.762. The standard InChI is InChI=1S/C42H76NO9P/c1-3-5-7-9-11-13-15-17-19-21-23-25-27-29-31-33-35-49-36-39(37-50-53(47,48)51-38-40(43)42(45)46)52-41(44)34-32-30-28-26-24-22-20-18-16-14-12-10-8-6-4-2/h6,8,12,14,18,20,24,26,39-40H,3-5,7,9-11,13,15-17,19,21-23,25,27-38,43H2,1-2H3,(H,45,46)(H,47,48)/b8-6-,14-12-,20-18-,26-24-. The zero-order valence-corrected chi connectivity index (χ0v) is 34.2. The van der Waals surface area contributed by atoms with E-state index in [-0.39, 0.29) is 13.0 Å². The van der Waals surface area contributed by atoms with Gasteiger partial charge in [-0.2, -0.15) is 0 Å². The zero-order valence-electron chi connectivity index (χ0n) is 33.3. The first kappa shape index (κ1) is 50.9. The summed E-state index contributed by atoms with van der Waals surface area (Å²) >= 11 is 0. The van der Waals surface area contributed by atoms with E-state index >= 15 is 0 Å². The van der Waals surface area contributed by atoms with Crippen molar-refractivity contribution in [1.29, 1.82) is 0 Å². The van der Waals surface area contributed by atoms with Crippen molar-refractivity contribution in [2.45, 2.75) is 180 Å². The second-order valence-electron chi connectivity index (χ2n) is 13.7. The highest BCUT2D eigenvalue weighted by Gasteiger charge is 2.27. The Bertz CT molecular complexity index is 1030. The molecule has 0 aromatic carbocycles. The third kappa shape index (κ3) is 38.0. The molecule has 308 valence electrons. The molecule has 11 heteroatoms. The van der Waals surface area contributed by atoms with Crippen LogP contribution in [0.4, 0.5) is 0 Å². The number of hydrogen-bond donors (Lipinski definition) is 3. The van der Waals surface area contributed by atoms with E-state index in [0.717, 1.165) is 57.8 Å². The zero-order chi connectivity index (χ0) is 39.1. The summed E-state index contributed by atoms with van der Waals surface area (Å²) < 4.78 is 33.3. The molecule has 0 saturated heterocycles. The van der Waals surface area contributed by atoms with E-state index in [4.69, 9.17) is 29.4 Å². The normalized spacial score (nSPS) is 14.5. The number of esters is 1. The van der Waals surface area contributed by atoms with Gasteiger partial charge in [0.15, 0.2) is 0 Å². The summed E-state index contributed by atoms with van der Waals surface area (Å²) in [7, 11) is -4.62. The molecule has 0 rings (SSSR count). The Morgan fingerprint density at radius 3 is 1.60 bits per heavy atom. The van der Waals surface area contributed by atoms with Crippen LogP contribution in [-0.2, 0) is 32.7 Å². The molecule has 0 bridgehead atoms. The predicted molar refractivity (Wildman–Crippen MR) is 217 cm³/mol. The Balaban J connectivity index is 4.32. The highest BCUT2D eigenvalue weighted by Crippen LogP contribution is 2.43. The van der Waals surface area contributed by atoms with Crippen LogP contribution in [0.3, 0.4) is 0 Å². The molecule has 3 unspecified atom stereocenters. The molecule has 53 heavy (non-hydrogen) atoms. The van der Waals surface area contributed by atoms with Crippen molar-refractivity contribution in [3.8, 4) is 0 Å². The number of carboxylic acid groups (broad SMARTS) is 1. The third-order valence-corrected chi connectivity index (χ3v) is 9.57. The highest BCUT2D eigenvalue weighted by atomic mass is 31.2. The number of rotatable bonds is 39. The van der Waals surface area contributed by atoms with Gasteiger partial charge in [0.1, 0.15) is 12.1 Å². The van der Waals surface area contributed by atoms with E-state index in [9.17, 15) is 19.0 Å². The van der Waals surface area contributed by atoms with Crippen LogP contribution in [0.5, 0.6) is 0 Å². The second-order valence-corrected chi connectivity index (χ2v) is 15.2. The molecule has 0 aromatic rings. The number of hydrogen-bond acceptors (Lipinski definition) is 8. The lowest BCUT2D eigenvalue weighted by molar-refractivity contribution is -0.154. The Morgan fingerprint density at radius 1 is 0.623 bits per heavy atom. The molecule has 0 aliphatic carbocycles. The largest absolute Gasteiger partial charge is 0.480 e. The summed E-state index contributed by atoms with van der Waals surface area (Å²) in [5.74, 6) is -1.82. The smallest absolute Gasteiger partial charge is 0.472 e. The molecule has 0 aromatic heterocycles. The minimum absolute atomic E-state index is 0.00106. The average molecular weight is 770 g/mol. The summed E-state index contributed by atoms with van der Waals surface area (Å²) in [6.45, 7) is 3.72. The molecule has 0 radical (unpaired) electrons. The lowest BCUT2D eigenvalue weighted by Gasteiger charge is -2.20. The monoisotopic (exact) mass is 770 g/mol. The third-order valence-electron chi connectivity index (χ3n) is 8.62. The van der Waals surface area contributed by atoms with Crippen molar-refractivity contribution in [3.63, 3.8) is 0 Å². The number of ether oxygens (including phenoxy) is 2. The number of allylic oxidation sites excluding steroid dienone is 8. The van der Waals surface area contributed by atoms with Crippen molar-refractivity contribution in [2.24, 2.45) is 5.73 Å². The fourth-order valence-corrected chi connectivity index (χ4v) is 6.20. The van der Waals surface area contributed by atoms with Gasteiger partial charge in [-0.1, -0.05) is 159 Å². The van der Waals surface area contributed by atoms with E-state index in [1.165, 1.54) is 83.5 Å². The van der Waals surface area contributed by atoms with E-state index in [1.807, 2.05) is 0 Å². The molecular formula is C42H76NO9P. The number of carbonyl (C=O) groups excluding carboxylic acids is 1. The lowest BCUT2D eigenvalue weighted by Crippen LogP contribution is -2.34. The minimum atomic E-state index is -4.62. The van der Waals surface area contributed by atoms with Gasteiger partial charge in [-0.3, -0.25) is 18.6 Å². The molecule has 10 nitrogen and oxygen atoms in total. The van der Waals surface area contributed by atoms with Gasteiger partial charge in [-0.05, 0) is 51.4 Å².